The number of pyridine rings is 1. The molecule has 2 aromatic carbocycles. The normalized spacial score (nSPS) is 15.1. The van der Waals surface area contributed by atoms with Crippen LogP contribution >= 0.6 is 22.9 Å². The van der Waals surface area contributed by atoms with Gasteiger partial charge in [0, 0.05) is 54.6 Å². The molecule has 1 aliphatic rings. The molecule has 0 amide bonds. The minimum Gasteiger partial charge on any atom is -0.354 e. The number of rotatable bonds is 4. The summed E-state index contributed by atoms with van der Waals surface area (Å²) in [6.45, 7) is 10.8. The zero-order valence-corrected chi connectivity index (χ0v) is 20.2. The molecule has 0 unspecified atom stereocenters. The fraction of sp³-hybridized carbons (Fsp3) is 0.308. The molecule has 1 saturated heterocycles. The van der Waals surface area contributed by atoms with Gasteiger partial charge in [-0.15, -0.1) is 11.3 Å². The molecule has 0 bridgehead atoms. The number of halogens is 1. The monoisotopic (exact) mass is 462 g/mol. The van der Waals surface area contributed by atoms with E-state index in [1.54, 1.807) is 11.3 Å². The number of nitrogens with zero attached hydrogens (tertiary/aromatic N) is 4. The minimum absolute atomic E-state index is 0.595. The predicted octanol–water partition coefficient (Wildman–Crippen LogP) is 6.52. The van der Waals surface area contributed by atoms with E-state index in [1.807, 2.05) is 18.3 Å². The first-order valence-corrected chi connectivity index (χ1v) is 12.3. The standard InChI is InChI=1S/C26H27ClN4S/c1-17(2)30-10-12-31(13-11-30)24-16-20(8-9-28-24)26-29-23-15-18(3)14-22(25(23)32-26)19-4-6-21(27)7-5-19/h4-9,14-17H,10-13H2,1-3H3. The highest BCUT2D eigenvalue weighted by molar-refractivity contribution is 7.22. The van der Waals surface area contributed by atoms with E-state index >= 15 is 0 Å². The average molecular weight is 463 g/mol. The fourth-order valence-electron chi connectivity index (χ4n) is 4.33. The average Bonchev–Trinajstić information content (AvgIpc) is 3.23. The molecule has 5 rings (SSSR count). The van der Waals surface area contributed by atoms with Crippen molar-refractivity contribution >= 4 is 39.0 Å². The number of aryl methyl sites for hydroxylation is 1. The Bertz CT molecular complexity index is 1240. The maximum atomic E-state index is 6.11. The summed E-state index contributed by atoms with van der Waals surface area (Å²) in [5.41, 5.74) is 5.75. The number of thiazole rings is 1. The van der Waals surface area contributed by atoms with Crippen LogP contribution in [-0.2, 0) is 0 Å². The van der Waals surface area contributed by atoms with E-state index in [2.05, 4.69) is 72.0 Å². The molecule has 1 aliphatic heterocycles. The summed E-state index contributed by atoms with van der Waals surface area (Å²) >= 11 is 7.86. The van der Waals surface area contributed by atoms with Gasteiger partial charge in [0.2, 0.25) is 0 Å². The Hall–Kier alpha value is -2.47. The Morgan fingerprint density at radius 2 is 1.69 bits per heavy atom. The van der Waals surface area contributed by atoms with Crippen LogP contribution in [-0.4, -0.2) is 47.1 Å². The van der Waals surface area contributed by atoms with Gasteiger partial charge in [-0.3, -0.25) is 4.90 Å². The van der Waals surface area contributed by atoms with Crippen LogP contribution in [0, 0.1) is 6.92 Å². The first-order valence-electron chi connectivity index (χ1n) is 11.1. The molecule has 164 valence electrons. The summed E-state index contributed by atoms with van der Waals surface area (Å²) in [7, 11) is 0. The van der Waals surface area contributed by atoms with Gasteiger partial charge < -0.3 is 4.90 Å². The van der Waals surface area contributed by atoms with Crippen molar-refractivity contribution in [2.75, 3.05) is 31.1 Å². The molecule has 0 spiro atoms. The van der Waals surface area contributed by atoms with Gasteiger partial charge in [0.05, 0.1) is 10.2 Å². The topological polar surface area (TPSA) is 32.3 Å². The van der Waals surface area contributed by atoms with Crippen LogP contribution in [0.1, 0.15) is 19.4 Å². The largest absolute Gasteiger partial charge is 0.354 e. The van der Waals surface area contributed by atoms with Gasteiger partial charge in [0.25, 0.3) is 0 Å². The summed E-state index contributed by atoms with van der Waals surface area (Å²) in [6, 6.07) is 17.3. The number of anilines is 1. The number of hydrogen-bond donors (Lipinski definition) is 0. The van der Waals surface area contributed by atoms with Crippen molar-refractivity contribution in [2.24, 2.45) is 0 Å². The van der Waals surface area contributed by atoms with E-state index in [1.165, 1.54) is 15.8 Å². The molecular formula is C26H27ClN4S. The quantitative estimate of drug-likeness (QED) is 0.345. The van der Waals surface area contributed by atoms with Crippen molar-refractivity contribution < 1.29 is 0 Å². The molecule has 1 fully saturated rings. The first kappa shape index (κ1) is 21.4. The van der Waals surface area contributed by atoms with Gasteiger partial charge in [-0.25, -0.2) is 9.97 Å². The van der Waals surface area contributed by atoms with Crippen molar-refractivity contribution in [2.45, 2.75) is 26.8 Å². The molecule has 0 aliphatic carbocycles. The van der Waals surface area contributed by atoms with E-state index in [0.29, 0.717) is 6.04 Å². The first-order chi connectivity index (χ1) is 15.5. The highest BCUT2D eigenvalue weighted by Gasteiger charge is 2.20. The lowest BCUT2D eigenvalue weighted by molar-refractivity contribution is 0.209. The van der Waals surface area contributed by atoms with Gasteiger partial charge in [-0.05, 0) is 68.3 Å². The van der Waals surface area contributed by atoms with Crippen LogP contribution in [0.15, 0.2) is 54.7 Å². The molecule has 4 nitrogen and oxygen atoms in total. The zero-order valence-electron chi connectivity index (χ0n) is 18.7. The van der Waals surface area contributed by atoms with E-state index in [-0.39, 0.29) is 0 Å². The zero-order chi connectivity index (χ0) is 22.2. The lowest BCUT2D eigenvalue weighted by Crippen LogP contribution is -2.49. The minimum atomic E-state index is 0.595. The van der Waals surface area contributed by atoms with Gasteiger partial charge in [-0.2, -0.15) is 0 Å². The van der Waals surface area contributed by atoms with E-state index < -0.39 is 0 Å². The van der Waals surface area contributed by atoms with Gasteiger partial charge >= 0.3 is 0 Å². The number of piperazine rings is 1. The summed E-state index contributed by atoms with van der Waals surface area (Å²) < 4.78 is 1.21. The lowest BCUT2D eigenvalue weighted by atomic mass is 10.0. The highest BCUT2D eigenvalue weighted by Crippen LogP contribution is 2.38. The third kappa shape index (κ3) is 4.25. The second-order valence-corrected chi connectivity index (χ2v) is 10.1. The smallest absolute Gasteiger partial charge is 0.129 e. The molecular weight excluding hydrogens is 436 g/mol. The molecule has 0 radical (unpaired) electrons. The maximum absolute atomic E-state index is 6.11. The SMILES string of the molecule is Cc1cc(-c2ccc(Cl)cc2)c2sc(-c3ccnc(N4CCN(C(C)C)CC4)c3)nc2c1. The molecule has 0 atom stereocenters. The third-order valence-electron chi connectivity index (χ3n) is 6.15. The number of fused-ring (bicyclic) bond motifs is 1. The molecule has 6 heteroatoms. The highest BCUT2D eigenvalue weighted by atomic mass is 35.5. The Morgan fingerprint density at radius 3 is 2.41 bits per heavy atom. The molecule has 2 aromatic heterocycles. The van der Waals surface area contributed by atoms with Gasteiger partial charge in [-0.1, -0.05) is 23.7 Å². The van der Waals surface area contributed by atoms with Crippen molar-refractivity contribution in [1.29, 1.82) is 0 Å². The molecule has 3 heterocycles. The predicted molar refractivity (Wildman–Crippen MR) is 137 cm³/mol. The lowest BCUT2D eigenvalue weighted by Gasteiger charge is -2.37. The summed E-state index contributed by atoms with van der Waals surface area (Å²) in [5.74, 6) is 1.04. The van der Waals surface area contributed by atoms with Crippen LogP contribution < -0.4 is 4.90 Å². The molecule has 4 aromatic rings. The van der Waals surface area contributed by atoms with Crippen LogP contribution in [0.4, 0.5) is 5.82 Å². The second kappa shape index (κ2) is 8.81. The van der Waals surface area contributed by atoms with Crippen molar-refractivity contribution in [1.82, 2.24) is 14.9 Å². The molecule has 0 N–H and O–H groups in total. The van der Waals surface area contributed by atoms with Crippen molar-refractivity contribution in [3.05, 3.63) is 65.3 Å². The molecule has 0 saturated carbocycles. The van der Waals surface area contributed by atoms with Gasteiger partial charge in [0.1, 0.15) is 10.8 Å². The number of hydrogen-bond acceptors (Lipinski definition) is 5. The van der Waals surface area contributed by atoms with Crippen molar-refractivity contribution in [3.63, 3.8) is 0 Å². The molecule has 32 heavy (non-hydrogen) atoms. The number of aromatic nitrogens is 2. The van der Waals surface area contributed by atoms with E-state index in [0.717, 1.165) is 58.7 Å². The summed E-state index contributed by atoms with van der Waals surface area (Å²) in [5, 5.41) is 1.78. The van der Waals surface area contributed by atoms with Crippen LogP contribution in [0.25, 0.3) is 31.9 Å². The number of benzene rings is 2. The van der Waals surface area contributed by atoms with Crippen molar-refractivity contribution in [3.8, 4) is 21.7 Å². The summed E-state index contributed by atoms with van der Waals surface area (Å²) in [6.07, 6.45) is 1.91. The Kier molecular flexibility index (Phi) is 5.89. The van der Waals surface area contributed by atoms with Crippen LogP contribution in [0.5, 0.6) is 0 Å². The van der Waals surface area contributed by atoms with Crippen LogP contribution in [0.2, 0.25) is 5.02 Å². The Balaban J connectivity index is 1.49. The Morgan fingerprint density at radius 1 is 0.938 bits per heavy atom. The van der Waals surface area contributed by atoms with E-state index in [4.69, 9.17) is 16.6 Å². The fourth-order valence-corrected chi connectivity index (χ4v) is 5.54. The summed E-state index contributed by atoms with van der Waals surface area (Å²) in [4.78, 5) is 14.6. The van der Waals surface area contributed by atoms with E-state index in [9.17, 15) is 0 Å². The third-order valence-corrected chi connectivity index (χ3v) is 7.56. The van der Waals surface area contributed by atoms with Crippen LogP contribution in [0.3, 0.4) is 0 Å². The Labute approximate surface area is 198 Å². The van der Waals surface area contributed by atoms with Gasteiger partial charge in [0.15, 0.2) is 0 Å². The second-order valence-electron chi connectivity index (χ2n) is 8.71. The maximum Gasteiger partial charge on any atom is 0.129 e.